The van der Waals surface area contributed by atoms with Crippen molar-refractivity contribution >= 4 is 21.8 Å². The topological polar surface area (TPSA) is 104 Å². The van der Waals surface area contributed by atoms with Crippen LogP contribution < -0.4 is 5.73 Å². The Labute approximate surface area is 166 Å². The van der Waals surface area contributed by atoms with Crippen LogP contribution in [0.1, 0.15) is 30.1 Å². The van der Waals surface area contributed by atoms with Gasteiger partial charge in [0, 0.05) is 45.2 Å². The van der Waals surface area contributed by atoms with Gasteiger partial charge < -0.3 is 15.5 Å². The molecule has 154 valence electrons. The van der Waals surface area contributed by atoms with Gasteiger partial charge in [0.1, 0.15) is 0 Å². The number of hydrogen-bond acceptors (Lipinski definition) is 5. The van der Waals surface area contributed by atoms with Crippen LogP contribution >= 0.6 is 0 Å². The second-order valence-electron chi connectivity index (χ2n) is 7.30. The van der Waals surface area contributed by atoms with Gasteiger partial charge in [0.25, 0.3) is 0 Å². The van der Waals surface area contributed by atoms with Crippen molar-refractivity contribution in [2.75, 3.05) is 45.8 Å². The lowest BCUT2D eigenvalue weighted by molar-refractivity contribution is -0.138. The molecule has 0 bridgehead atoms. The van der Waals surface area contributed by atoms with Crippen molar-refractivity contribution in [2.45, 2.75) is 24.7 Å². The van der Waals surface area contributed by atoms with Crippen LogP contribution in [0.3, 0.4) is 0 Å². The zero-order valence-electron chi connectivity index (χ0n) is 16.2. The van der Waals surface area contributed by atoms with Crippen LogP contribution in [0.25, 0.3) is 0 Å². The molecule has 1 aromatic rings. The molecule has 0 spiro atoms. The molecular weight excluding hydrogens is 380 g/mol. The van der Waals surface area contributed by atoms with E-state index in [0.29, 0.717) is 12.8 Å². The third kappa shape index (κ3) is 4.21. The number of rotatable bonds is 5. The zero-order valence-corrected chi connectivity index (χ0v) is 17.0. The van der Waals surface area contributed by atoms with Crippen molar-refractivity contribution in [3.05, 3.63) is 29.8 Å². The second-order valence-corrected chi connectivity index (χ2v) is 9.20. The van der Waals surface area contributed by atoms with E-state index in [1.165, 1.54) is 16.4 Å². The summed E-state index contributed by atoms with van der Waals surface area (Å²) in [6.45, 7) is 6.88. The number of carbonyl (C=O) groups excluding carboxylic acids is 2. The van der Waals surface area contributed by atoms with Crippen molar-refractivity contribution in [1.29, 1.82) is 0 Å². The largest absolute Gasteiger partial charge is 0.366 e. The van der Waals surface area contributed by atoms with Crippen molar-refractivity contribution in [3.63, 3.8) is 0 Å². The molecule has 0 radical (unpaired) electrons. The molecule has 2 fully saturated rings. The molecule has 28 heavy (non-hydrogen) atoms. The average molecular weight is 409 g/mol. The van der Waals surface area contributed by atoms with Crippen LogP contribution in [0.4, 0.5) is 0 Å². The van der Waals surface area contributed by atoms with E-state index in [4.69, 9.17) is 5.73 Å². The molecule has 2 amide bonds. The Bertz CT molecular complexity index is 826. The Balaban J connectivity index is 1.64. The second kappa shape index (κ2) is 8.59. The molecule has 0 aliphatic carbocycles. The first kappa shape index (κ1) is 20.8. The average Bonchev–Trinajstić information content (AvgIpc) is 2.73. The SMILES string of the molecule is CCN1CCN(C(=O)C2CCN(S(=O)(=O)c3ccccc3C(N)=O)CC2)CC1. The number of nitrogens with two attached hydrogens (primary N) is 1. The standard InChI is InChI=1S/C19H28N4O4S/c1-2-21-11-13-22(14-12-21)19(25)15-7-9-23(10-8-15)28(26,27)17-6-4-3-5-16(17)18(20)24/h3-6,15H,2,7-14H2,1H3,(H2,20,24). The molecule has 2 aliphatic heterocycles. The van der Waals surface area contributed by atoms with Crippen molar-refractivity contribution in [3.8, 4) is 0 Å². The molecule has 8 nitrogen and oxygen atoms in total. The lowest BCUT2D eigenvalue weighted by atomic mass is 9.96. The van der Waals surface area contributed by atoms with E-state index in [1.54, 1.807) is 12.1 Å². The lowest BCUT2D eigenvalue weighted by Gasteiger charge is -2.38. The molecule has 9 heteroatoms. The normalized spacial score (nSPS) is 20.2. The summed E-state index contributed by atoms with van der Waals surface area (Å²) >= 11 is 0. The predicted molar refractivity (Wildman–Crippen MR) is 105 cm³/mol. The van der Waals surface area contributed by atoms with Crippen molar-refractivity contribution in [1.82, 2.24) is 14.1 Å². The Morgan fingerprint density at radius 2 is 1.64 bits per heavy atom. The summed E-state index contributed by atoms with van der Waals surface area (Å²) in [7, 11) is -3.82. The predicted octanol–water partition coefficient (Wildman–Crippen LogP) is 0.350. The summed E-state index contributed by atoms with van der Waals surface area (Å²) in [5, 5.41) is 0. The quantitative estimate of drug-likeness (QED) is 0.757. The maximum Gasteiger partial charge on any atom is 0.250 e. The Morgan fingerprint density at radius 1 is 1.04 bits per heavy atom. The molecule has 3 rings (SSSR count). The summed E-state index contributed by atoms with van der Waals surface area (Å²) in [6.07, 6.45) is 0.982. The van der Waals surface area contributed by atoms with E-state index in [-0.39, 0.29) is 35.4 Å². The summed E-state index contributed by atoms with van der Waals surface area (Å²) in [5.41, 5.74) is 5.32. The minimum atomic E-state index is -3.82. The van der Waals surface area contributed by atoms with Gasteiger partial charge in [0.2, 0.25) is 21.8 Å². The van der Waals surface area contributed by atoms with Crippen molar-refractivity contribution in [2.24, 2.45) is 11.7 Å². The van der Waals surface area contributed by atoms with E-state index in [0.717, 1.165) is 32.7 Å². The van der Waals surface area contributed by atoms with E-state index >= 15 is 0 Å². The fourth-order valence-corrected chi connectivity index (χ4v) is 5.59. The molecule has 0 saturated carbocycles. The molecule has 0 unspecified atom stereocenters. The summed E-state index contributed by atoms with van der Waals surface area (Å²) in [6, 6.07) is 5.98. The Morgan fingerprint density at radius 3 is 2.21 bits per heavy atom. The number of hydrogen-bond donors (Lipinski definition) is 1. The molecule has 2 aliphatic rings. The summed E-state index contributed by atoms with van der Waals surface area (Å²) < 4.78 is 27.3. The van der Waals surface area contributed by atoms with Gasteiger partial charge in [-0.05, 0) is 31.5 Å². The first-order valence-electron chi connectivity index (χ1n) is 9.74. The first-order chi connectivity index (χ1) is 13.3. The molecule has 0 atom stereocenters. The molecule has 2 heterocycles. The number of primary amides is 1. The van der Waals surface area contributed by atoms with E-state index in [9.17, 15) is 18.0 Å². The number of sulfonamides is 1. The number of amides is 2. The number of nitrogens with zero attached hydrogens (tertiary/aromatic N) is 3. The molecule has 0 aromatic heterocycles. The van der Waals surface area contributed by atoms with Crippen LogP contribution in [0, 0.1) is 5.92 Å². The highest BCUT2D eigenvalue weighted by molar-refractivity contribution is 7.89. The number of piperidine rings is 1. The maximum absolute atomic E-state index is 13.0. The van der Waals surface area contributed by atoms with Gasteiger partial charge >= 0.3 is 0 Å². The van der Waals surface area contributed by atoms with Gasteiger partial charge in [0.05, 0.1) is 10.5 Å². The minimum absolute atomic E-state index is 0.00510. The fraction of sp³-hybridized carbons (Fsp3) is 0.579. The minimum Gasteiger partial charge on any atom is -0.366 e. The van der Waals surface area contributed by atoms with Gasteiger partial charge in [-0.1, -0.05) is 19.1 Å². The zero-order chi connectivity index (χ0) is 20.3. The molecule has 2 N–H and O–H groups in total. The highest BCUT2D eigenvalue weighted by atomic mass is 32.2. The summed E-state index contributed by atoms with van der Waals surface area (Å²) in [4.78, 5) is 28.5. The van der Waals surface area contributed by atoms with Gasteiger partial charge in [-0.2, -0.15) is 4.31 Å². The number of likely N-dealkylation sites (N-methyl/N-ethyl adjacent to an activating group) is 1. The third-order valence-corrected chi connectivity index (χ3v) is 7.66. The Hall–Kier alpha value is -1.97. The molecule has 2 saturated heterocycles. The smallest absolute Gasteiger partial charge is 0.250 e. The van der Waals surface area contributed by atoms with Gasteiger partial charge in [-0.15, -0.1) is 0 Å². The van der Waals surface area contributed by atoms with E-state index < -0.39 is 15.9 Å². The van der Waals surface area contributed by atoms with Gasteiger partial charge in [-0.3, -0.25) is 9.59 Å². The van der Waals surface area contributed by atoms with Crippen LogP contribution in [-0.4, -0.2) is 80.2 Å². The first-order valence-corrected chi connectivity index (χ1v) is 11.2. The fourth-order valence-electron chi connectivity index (χ4n) is 3.92. The van der Waals surface area contributed by atoms with Crippen LogP contribution in [0.5, 0.6) is 0 Å². The van der Waals surface area contributed by atoms with Gasteiger partial charge in [-0.25, -0.2) is 8.42 Å². The highest BCUT2D eigenvalue weighted by Crippen LogP contribution is 2.27. The van der Waals surface area contributed by atoms with E-state index in [1.807, 2.05) is 4.90 Å². The number of benzene rings is 1. The molecule has 1 aromatic carbocycles. The van der Waals surface area contributed by atoms with E-state index in [2.05, 4.69) is 11.8 Å². The maximum atomic E-state index is 13.0. The summed E-state index contributed by atoms with van der Waals surface area (Å²) in [5.74, 6) is -0.785. The highest BCUT2D eigenvalue weighted by Gasteiger charge is 2.35. The third-order valence-electron chi connectivity index (χ3n) is 5.70. The van der Waals surface area contributed by atoms with Gasteiger partial charge in [0.15, 0.2) is 0 Å². The monoisotopic (exact) mass is 408 g/mol. The lowest BCUT2D eigenvalue weighted by Crippen LogP contribution is -2.51. The van der Waals surface area contributed by atoms with Crippen molar-refractivity contribution < 1.29 is 18.0 Å². The Kier molecular flexibility index (Phi) is 6.36. The van der Waals surface area contributed by atoms with Crippen LogP contribution in [-0.2, 0) is 14.8 Å². The van der Waals surface area contributed by atoms with Crippen LogP contribution in [0.15, 0.2) is 29.2 Å². The number of piperazine rings is 1. The van der Waals surface area contributed by atoms with Crippen LogP contribution in [0.2, 0.25) is 0 Å². The molecular formula is C19H28N4O4S. The number of carbonyl (C=O) groups is 2.